The third kappa shape index (κ3) is 3.67. The summed E-state index contributed by atoms with van der Waals surface area (Å²) in [4.78, 5) is 13.3. The van der Waals surface area contributed by atoms with E-state index in [0.29, 0.717) is 12.0 Å². The molecule has 0 aromatic rings. The first-order valence-electron chi connectivity index (χ1n) is 6.21. The summed E-state index contributed by atoms with van der Waals surface area (Å²) >= 11 is 0. The molecule has 2 atom stereocenters. The Labute approximate surface area is 98.3 Å². The van der Waals surface area contributed by atoms with Crippen LogP contribution in [0, 0.1) is 5.92 Å². The third-order valence-electron chi connectivity index (χ3n) is 3.34. The molecule has 2 unspecified atom stereocenters. The van der Waals surface area contributed by atoms with Gasteiger partial charge in [-0.05, 0) is 25.8 Å². The molecule has 1 fully saturated rings. The zero-order valence-corrected chi connectivity index (χ0v) is 10.7. The summed E-state index contributed by atoms with van der Waals surface area (Å²) in [6.45, 7) is 3.83. The van der Waals surface area contributed by atoms with E-state index < -0.39 is 0 Å². The smallest absolute Gasteiger partial charge is 0.409 e. The van der Waals surface area contributed by atoms with Gasteiger partial charge in [0.2, 0.25) is 0 Å². The summed E-state index contributed by atoms with van der Waals surface area (Å²) in [6, 6.07) is 0.412. The summed E-state index contributed by atoms with van der Waals surface area (Å²) in [6.07, 6.45) is 4.66. The molecule has 1 heterocycles. The van der Waals surface area contributed by atoms with Crippen molar-refractivity contribution in [3.63, 3.8) is 0 Å². The maximum absolute atomic E-state index is 11.5. The van der Waals surface area contributed by atoms with E-state index in [9.17, 15) is 4.79 Å². The van der Waals surface area contributed by atoms with Crippen LogP contribution in [0.25, 0.3) is 0 Å². The van der Waals surface area contributed by atoms with Crippen LogP contribution in [0.2, 0.25) is 0 Å². The fourth-order valence-electron chi connectivity index (χ4n) is 2.39. The molecule has 0 saturated carbocycles. The molecule has 1 aliphatic heterocycles. The molecular formula is C12H24N2O2. The Kier molecular flexibility index (Phi) is 5.60. The SMILES string of the molecule is CCCCC1CC(NC)CN(C(=O)OC)C1. The summed E-state index contributed by atoms with van der Waals surface area (Å²) in [5.41, 5.74) is 0. The number of hydrogen-bond donors (Lipinski definition) is 1. The Bertz CT molecular complexity index is 221. The molecule has 0 aromatic carbocycles. The second-order valence-corrected chi connectivity index (χ2v) is 4.60. The molecule has 0 spiro atoms. The largest absolute Gasteiger partial charge is 0.453 e. The minimum Gasteiger partial charge on any atom is -0.453 e. The Morgan fingerprint density at radius 3 is 2.81 bits per heavy atom. The lowest BCUT2D eigenvalue weighted by molar-refractivity contribution is 0.0900. The summed E-state index contributed by atoms with van der Waals surface area (Å²) < 4.78 is 4.79. The number of carbonyl (C=O) groups excluding carboxylic acids is 1. The van der Waals surface area contributed by atoms with Crippen molar-refractivity contribution >= 4 is 6.09 Å². The van der Waals surface area contributed by atoms with Gasteiger partial charge in [0.25, 0.3) is 0 Å². The maximum atomic E-state index is 11.5. The normalized spacial score (nSPS) is 25.6. The minimum absolute atomic E-state index is 0.193. The highest BCUT2D eigenvalue weighted by molar-refractivity contribution is 5.67. The van der Waals surface area contributed by atoms with Gasteiger partial charge >= 0.3 is 6.09 Å². The van der Waals surface area contributed by atoms with Gasteiger partial charge < -0.3 is 15.0 Å². The van der Waals surface area contributed by atoms with Crippen molar-refractivity contribution in [3.8, 4) is 0 Å². The van der Waals surface area contributed by atoms with Gasteiger partial charge in [-0.1, -0.05) is 19.8 Å². The third-order valence-corrected chi connectivity index (χ3v) is 3.34. The molecule has 16 heavy (non-hydrogen) atoms. The van der Waals surface area contributed by atoms with E-state index in [0.717, 1.165) is 13.1 Å². The van der Waals surface area contributed by atoms with Gasteiger partial charge in [-0.2, -0.15) is 0 Å². The number of hydrogen-bond acceptors (Lipinski definition) is 3. The highest BCUT2D eigenvalue weighted by atomic mass is 16.5. The van der Waals surface area contributed by atoms with E-state index >= 15 is 0 Å². The molecule has 94 valence electrons. The number of amides is 1. The molecular weight excluding hydrogens is 204 g/mol. The average molecular weight is 228 g/mol. The number of likely N-dealkylation sites (tertiary alicyclic amines) is 1. The van der Waals surface area contributed by atoms with E-state index in [1.807, 2.05) is 11.9 Å². The lowest BCUT2D eigenvalue weighted by Gasteiger charge is -2.36. The molecule has 0 bridgehead atoms. The number of piperidine rings is 1. The molecule has 1 rings (SSSR count). The van der Waals surface area contributed by atoms with Crippen molar-refractivity contribution in [1.29, 1.82) is 0 Å². The van der Waals surface area contributed by atoms with E-state index in [4.69, 9.17) is 4.74 Å². The van der Waals surface area contributed by atoms with Crippen molar-refractivity contribution in [3.05, 3.63) is 0 Å². The molecule has 0 radical (unpaired) electrons. The monoisotopic (exact) mass is 228 g/mol. The fourth-order valence-corrected chi connectivity index (χ4v) is 2.39. The van der Waals surface area contributed by atoms with Crippen molar-refractivity contribution in [2.45, 2.75) is 38.6 Å². The first kappa shape index (κ1) is 13.3. The van der Waals surface area contributed by atoms with Crippen LogP contribution in [0.15, 0.2) is 0 Å². The predicted octanol–water partition coefficient (Wildman–Crippen LogP) is 1.85. The molecule has 1 N–H and O–H groups in total. The number of nitrogens with one attached hydrogen (secondary N) is 1. The van der Waals surface area contributed by atoms with E-state index in [1.165, 1.54) is 32.8 Å². The molecule has 0 aliphatic carbocycles. The standard InChI is InChI=1S/C12H24N2O2/c1-4-5-6-10-7-11(13-2)9-14(8-10)12(15)16-3/h10-11,13H,4-9H2,1-3H3. The van der Waals surface area contributed by atoms with Gasteiger partial charge in [-0.25, -0.2) is 4.79 Å². The molecule has 1 saturated heterocycles. The Balaban J connectivity index is 2.50. The van der Waals surface area contributed by atoms with Crippen LogP contribution in [0.1, 0.15) is 32.6 Å². The topological polar surface area (TPSA) is 41.6 Å². The number of unbranched alkanes of at least 4 members (excludes halogenated alkanes) is 1. The van der Waals surface area contributed by atoms with Gasteiger partial charge in [0, 0.05) is 19.1 Å². The maximum Gasteiger partial charge on any atom is 0.409 e. The van der Waals surface area contributed by atoms with Gasteiger partial charge in [-0.3, -0.25) is 0 Å². The summed E-state index contributed by atoms with van der Waals surface area (Å²) in [7, 11) is 3.41. The lowest BCUT2D eigenvalue weighted by Crippen LogP contribution is -2.50. The van der Waals surface area contributed by atoms with Crippen LogP contribution in [0.3, 0.4) is 0 Å². The van der Waals surface area contributed by atoms with Crippen LogP contribution in [0.5, 0.6) is 0 Å². The van der Waals surface area contributed by atoms with Crippen molar-refractivity contribution in [2.24, 2.45) is 5.92 Å². The highest BCUT2D eigenvalue weighted by Crippen LogP contribution is 2.22. The Morgan fingerprint density at radius 1 is 1.50 bits per heavy atom. The minimum atomic E-state index is -0.193. The van der Waals surface area contributed by atoms with Crippen molar-refractivity contribution in [2.75, 3.05) is 27.2 Å². The zero-order valence-electron chi connectivity index (χ0n) is 10.7. The lowest BCUT2D eigenvalue weighted by atomic mass is 9.90. The summed E-state index contributed by atoms with van der Waals surface area (Å²) in [5, 5.41) is 3.27. The van der Waals surface area contributed by atoms with Crippen LogP contribution in [-0.2, 0) is 4.74 Å². The van der Waals surface area contributed by atoms with Crippen molar-refractivity contribution in [1.82, 2.24) is 10.2 Å². The first-order chi connectivity index (χ1) is 7.71. The second kappa shape index (κ2) is 6.74. The molecule has 4 nitrogen and oxygen atoms in total. The van der Waals surface area contributed by atoms with E-state index in [-0.39, 0.29) is 6.09 Å². The predicted molar refractivity (Wildman–Crippen MR) is 64.5 cm³/mol. The number of ether oxygens (including phenoxy) is 1. The van der Waals surface area contributed by atoms with Gasteiger partial charge in [0.1, 0.15) is 0 Å². The zero-order chi connectivity index (χ0) is 12.0. The molecule has 4 heteroatoms. The van der Waals surface area contributed by atoms with E-state index in [1.54, 1.807) is 0 Å². The van der Waals surface area contributed by atoms with Gasteiger partial charge in [-0.15, -0.1) is 0 Å². The van der Waals surface area contributed by atoms with Gasteiger partial charge in [0.05, 0.1) is 7.11 Å². The number of rotatable bonds is 4. The van der Waals surface area contributed by atoms with Crippen LogP contribution in [0.4, 0.5) is 4.79 Å². The van der Waals surface area contributed by atoms with Crippen molar-refractivity contribution < 1.29 is 9.53 Å². The second-order valence-electron chi connectivity index (χ2n) is 4.60. The highest BCUT2D eigenvalue weighted by Gasteiger charge is 2.29. The molecule has 1 aliphatic rings. The number of nitrogens with zero attached hydrogens (tertiary/aromatic N) is 1. The number of carbonyl (C=O) groups is 1. The quantitative estimate of drug-likeness (QED) is 0.798. The molecule has 0 aromatic heterocycles. The Morgan fingerprint density at radius 2 is 2.25 bits per heavy atom. The first-order valence-corrected chi connectivity index (χ1v) is 6.21. The average Bonchev–Trinajstić information content (AvgIpc) is 2.34. The fraction of sp³-hybridized carbons (Fsp3) is 0.917. The number of likely N-dealkylation sites (N-methyl/N-ethyl adjacent to an activating group) is 1. The van der Waals surface area contributed by atoms with Crippen LogP contribution >= 0.6 is 0 Å². The van der Waals surface area contributed by atoms with Crippen LogP contribution < -0.4 is 5.32 Å². The number of methoxy groups -OCH3 is 1. The van der Waals surface area contributed by atoms with Gasteiger partial charge in [0.15, 0.2) is 0 Å². The van der Waals surface area contributed by atoms with E-state index in [2.05, 4.69) is 12.2 Å². The Hall–Kier alpha value is -0.770. The summed E-state index contributed by atoms with van der Waals surface area (Å²) in [5.74, 6) is 0.616. The van der Waals surface area contributed by atoms with Crippen LogP contribution in [-0.4, -0.2) is 44.3 Å². The molecule has 1 amide bonds.